The fourth-order valence-corrected chi connectivity index (χ4v) is 0.653. The summed E-state index contributed by atoms with van der Waals surface area (Å²) in [6.07, 6.45) is -2.08. The molecule has 0 aromatic heterocycles. The Balaban J connectivity index is 0. The van der Waals surface area contributed by atoms with Crippen LogP contribution >= 0.6 is 0 Å². The van der Waals surface area contributed by atoms with Crippen LogP contribution in [0, 0.1) is 0 Å². The third-order valence-electron chi connectivity index (χ3n) is 1.41. The first-order valence-corrected chi connectivity index (χ1v) is 3.79. The molecule has 0 saturated heterocycles. The van der Waals surface area contributed by atoms with Crippen molar-refractivity contribution in [3.05, 3.63) is 0 Å². The first kappa shape index (κ1) is 14.7. The zero-order valence-corrected chi connectivity index (χ0v) is 7.93. The third-order valence-corrected chi connectivity index (χ3v) is 1.41. The molecule has 3 N–H and O–H groups in total. The van der Waals surface area contributed by atoms with E-state index in [1.54, 1.807) is 0 Å². The number of aliphatic hydroxyl groups excluding tert-OH is 2. The fraction of sp³-hybridized carbons (Fsp3) is 0.857. The van der Waals surface area contributed by atoms with Gasteiger partial charge in [0.1, 0.15) is 13.1 Å². The van der Waals surface area contributed by atoms with Gasteiger partial charge in [-0.2, -0.15) is 0 Å². The van der Waals surface area contributed by atoms with E-state index in [1.165, 1.54) is 0 Å². The van der Waals surface area contributed by atoms with Gasteiger partial charge in [-0.3, -0.25) is 0 Å². The molecule has 0 bridgehead atoms. The third kappa shape index (κ3) is 18.3. The van der Waals surface area contributed by atoms with Gasteiger partial charge in [0.2, 0.25) is 6.16 Å². The van der Waals surface area contributed by atoms with Crippen LogP contribution in [0.25, 0.3) is 0 Å². The highest BCUT2D eigenvalue weighted by atomic mass is 16.6. The van der Waals surface area contributed by atoms with Crippen molar-refractivity contribution in [2.24, 2.45) is 0 Å². The number of quaternary nitrogens is 1. The lowest BCUT2D eigenvalue weighted by molar-refractivity contribution is -0.890. The second-order valence-corrected chi connectivity index (χ2v) is 3.10. The van der Waals surface area contributed by atoms with Crippen LogP contribution in [0.4, 0.5) is 4.79 Å². The topological polar surface area (TPSA) is 101 Å². The molecule has 0 aliphatic carbocycles. The van der Waals surface area contributed by atoms with Gasteiger partial charge in [0.15, 0.2) is 0 Å². The maximum atomic E-state index is 8.53. The minimum absolute atomic E-state index is 0.188. The molecular weight excluding hydrogens is 178 g/mol. The smallest absolute Gasteiger partial charge is 0.249 e. The highest BCUT2D eigenvalue weighted by Crippen LogP contribution is 1.92. The van der Waals surface area contributed by atoms with Gasteiger partial charge < -0.3 is 29.7 Å². The maximum absolute atomic E-state index is 8.53. The summed E-state index contributed by atoms with van der Waals surface area (Å²) in [4.78, 5) is 8.44. The maximum Gasteiger partial charge on any atom is 0.249 e. The zero-order chi connectivity index (χ0) is 10.9. The summed E-state index contributed by atoms with van der Waals surface area (Å²) in [7, 11) is 3.96. The first-order chi connectivity index (χ1) is 5.85. The Hall–Kier alpha value is -0.850. The second kappa shape index (κ2) is 7.78. The van der Waals surface area contributed by atoms with Crippen LogP contribution in [-0.4, -0.2) is 66.4 Å². The van der Waals surface area contributed by atoms with Crippen LogP contribution in [0.15, 0.2) is 0 Å². The SMILES string of the molecule is C[N+](C)(CCO)CCO.O=C([O-])O. The molecule has 0 aliphatic rings. The lowest BCUT2D eigenvalue weighted by Crippen LogP contribution is -2.43. The standard InChI is InChI=1S/C6H16NO2.CH2O3/c1-7(2,3-5-8)4-6-9;2-1(3)4/h8-9H,3-6H2,1-2H3;(H2,2,3,4)/q+1;/p-1. The van der Waals surface area contributed by atoms with E-state index in [2.05, 4.69) is 0 Å². The van der Waals surface area contributed by atoms with Crippen LogP contribution in [0.1, 0.15) is 0 Å². The van der Waals surface area contributed by atoms with Gasteiger partial charge in [-0.25, -0.2) is 0 Å². The first-order valence-electron chi connectivity index (χ1n) is 3.79. The highest BCUT2D eigenvalue weighted by Gasteiger charge is 2.11. The Morgan fingerprint density at radius 3 is 1.62 bits per heavy atom. The van der Waals surface area contributed by atoms with Crippen molar-refractivity contribution in [1.29, 1.82) is 0 Å². The molecular formula is C7H17NO5. The molecule has 0 unspecified atom stereocenters. The van der Waals surface area contributed by atoms with Gasteiger partial charge >= 0.3 is 0 Å². The van der Waals surface area contributed by atoms with Gasteiger partial charge in [-0.05, 0) is 0 Å². The molecule has 6 heteroatoms. The number of likely N-dealkylation sites (N-methyl/N-ethyl adjacent to an activating group) is 1. The van der Waals surface area contributed by atoms with Crippen molar-refractivity contribution >= 4 is 6.16 Å². The predicted molar refractivity (Wildman–Crippen MR) is 44.0 cm³/mol. The van der Waals surface area contributed by atoms with E-state index in [-0.39, 0.29) is 13.2 Å². The Bertz CT molecular complexity index is 125. The molecule has 0 atom stereocenters. The zero-order valence-electron chi connectivity index (χ0n) is 7.93. The number of nitrogens with zero attached hydrogens (tertiary/aromatic N) is 1. The molecule has 0 aliphatic heterocycles. The lowest BCUT2D eigenvalue weighted by atomic mass is 10.4. The normalized spacial score (nSPS) is 10.2. The van der Waals surface area contributed by atoms with Gasteiger partial charge in [-0.1, -0.05) is 0 Å². The van der Waals surface area contributed by atoms with E-state index in [0.717, 1.165) is 0 Å². The van der Waals surface area contributed by atoms with E-state index < -0.39 is 6.16 Å². The number of hydrogen-bond donors (Lipinski definition) is 3. The molecule has 0 amide bonds. The summed E-state index contributed by atoms with van der Waals surface area (Å²) in [5.41, 5.74) is 0. The van der Waals surface area contributed by atoms with Crippen molar-refractivity contribution in [3.63, 3.8) is 0 Å². The summed E-state index contributed by atoms with van der Waals surface area (Å²) in [6, 6.07) is 0. The predicted octanol–water partition coefficient (Wildman–Crippen LogP) is -2.06. The van der Waals surface area contributed by atoms with Gasteiger partial charge in [-0.15, -0.1) is 0 Å². The fourth-order valence-electron chi connectivity index (χ4n) is 0.653. The highest BCUT2D eigenvalue weighted by molar-refractivity contribution is 5.50. The van der Waals surface area contributed by atoms with Crippen molar-refractivity contribution in [2.75, 3.05) is 40.4 Å². The Kier molecular flexibility index (Phi) is 8.78. The van der Waals surface area contributed by atoms with Crippen molar-refractivity contribution in [1.82, 2.24) is 0 Å². The second-order valence-electron chi connectivity index (χ2n) is 3.10. The molecule has 6 nitrogen and oxygen atoms in total. The number of carbonyl (C=O) groups is 1. The molecule has 0 heterocycles. The molecule has 0 fully saturated rings. The molecule has 0 rings (SSSR count). The molecule has 0 spiro atoms. The summed E-state index contributed by atoms with van der Waals surface area (Å²) in [5.74, 6) is 0. The van der Waals surface area contributed by atoms with E-state index in [1.807, 2.05) is 14.1 Å². The Labute approximate surface area is 77.2 Å². The molecule has 0 aromatic rings. The average Bonchev–Trinajstić information content (AvgIpc) is 1.84. The van der Waals surface area contributed by atoms with E-state index in [9.17, 15) is 0 Å². The number of rotatable bonds is 4. The number of hydrogen-bond acceptors (Lipinski definition) is 4. The molecule has 0 aromatic carbocycles. The number of carboxylic acid groups (broad SMARTS) is 2. The molecule has 0 saturated carbocycles. The van der Waals surface area contributed by atoms with Crippen LogP contribution in [0.2, 0.25) is 0 Å². The quantitative estimate of drug-likeness (QED) is 0.448. The Morgan fingerprint density at radius 1 is 1.23 bits per heavy atom. The van der Waals surface area contributed by atoms with E-state index in [0.29, 0.717) is 17.6 Å². The van der Waals surface area contributed by atoms with E-state index >= 15 is 0 Å². The lowest BCUT2D eigenvalue weighted by Gasteiger charge is -2.27. The molecule has 13 heavy (non-hydrogen) atoms. The van der Waals surface area contributed by atoms with Crippen LogP contribution in [-0.2, 0) is 0 Å². The van der Waals surface area contributed by atoms with Crippen molar-refractivity contribution in [2.45, 2.75) is 0 Å². The molecule has 80 valence electrons. The van der Waals surface area contributed by atoms with Crippen LogP contribution in [0.3, 0.4) is 0 Å². The van der Waals surface area contributed by atoms with Crippen LogP contribution in [0.5, 0.6) is 0 Å². The van der Waals surface area contributed by atoms with Crippen LogP contribution < -0.4 is 5.11 Å². The van der Waals surface area contributed by atoms with E-state index in [4.69, 9.17) is 25.2 Å². The van der Waals surface area contributed by atoms with Gasteiger partial charge in [0.25, 0.3) is 0 Å². The largest absolute Gasteiger partial charge is 0.565 e. The summed E-state index contributed by atoms with van der Waals surface area (Å²) >= 11 is 0. The Morgan fingerprint density at radius 2 is 1.46 bits per heavy atom. The summed E-state index contributed by atoms with van der Waals surface area (Å²) in [6.45, 7) is 1.79. The minimum Gasteiger partial charge on any atom is -0.565 e. The number of aliphatic hydroxyl groups is 2. The molecule has 0 radical (unpaired) electrons. The minimum atomic E-state index is -2.08. The van der Waals surface area contributed by atoms with Gasteiger partial charge in [0.05, 0.1) is 27.3 Å². The van der Waals surface area contributed by atoms with Crippen molar-refractivity contribution in [3.8, 4) is 0 Å². The summed E-state index contributed by atoms with van der Waals surface area (Å²) in [5, 5.41) is 32.4. The monoisotopic (exact) mass is 195 g/mol. The van der Waals surface area contributed by atoms with Gasteiger partial charge in [0, 0.05) is 0 Å². The van der Waals surface area contributed by atoms with Crippen molar-refractivity contribution < 1.29 is 29.7 Å². The average molecular weight is 195 g/mol. The summed E-state index contributed by atoms with van der Waals surface area (Å²) < 4.78 is 0.688.